The smallest absolute Gasteiger partial charge is 0.410 e. The number of hydrogen-bond acceptors (Lipinski definition) is 3. The van der Waals surface area contributed by atoms with Gasteiger partial charge in [0, 0.05) is 29.2 Å². The summed E-state index contributed by atoms with van der Waals surface area (Å²) in [7, 11) is 0. The molecule has 1 N–H and O–H groups in total. The molecule has 3 aromatic carbocycles. The average molecular weight is 474 g/mol. The van der Waals surface area contributed by atoms with E-state index in [1.807, 2.05) is 24.3 Å². The number of imidazole rings is 1. The Kier molecular flexibility index (Phi) is 7.99. The molecular weight excluding hydrogens is 446 g/mol. The lowest BCUT2D eigenvalue weighted by Gasteiger charge is -2.12. The van der Waals surface area contributed by atoms with Crippen molar-refractivity contribution in [3.05, 3.63) is 95.8 Å². The van der Waals surface area contributed by atoms with Crippen LogP contribution in [0.15, 0.2) is 84.9 Å². The van der Waals surface area contributed by atoms with Crippen LogP contribution in [0.5, 0.6) is 5.75 Å². The second-order valence-corrected chi connectivity index (χ2v) is 8.51. The van der Waals surface area contributed by atoms with Crippen LogP contribution in [0.1, 0.15) is 25.1 Å². The number of ether oxygens (including phenoxy) is 1. The first-order chi connectivity index (χ1) is 16.6. The van der Waals surface area contributed by atoms with Crippen LogP contribution in [0.2, 0.25) is 5.02 Å². The maximum atomic E-state index is 12.0. The van der Waals surface area contributed by atoms with Crippen LogP contribution in [0, 0.1) is 6.92 Å². The minimum Gasteiger partial charge on any atom is -0.410 e. The Morgan fingerprint density at radius 3 is 2.21 bits per heavy atom. The third-order valence-corrected chi connectivity index (χ3v) is 5.86. The first-order valence-electron chi connectivity index (χ1n) is 11.5. The SMILES string of the molecule is Cc1nc(-c2ccccc2)c(-c2ccccc2)n1CCCCCNC(=O)Oc1ccc(Cl)cc1. The van der Waals surface area contributed by atoms with E-state index in [9.17, 15) is 4.79 Å². The quantitative estimate of drug-likeness (QED) is 0.263. The molecule has 1 amide bonds. The molecule has 174 valence electrons. The average Bonchev–Trinajstić information content (AvgIpc) is 3.20. The van der Waals surface area contributed by atoms with Crippen molar-refractivity contribution >= 4 is 17.7 Å². The Labute approximate surface area is 205 Å². The van der Waals surface area contributed by atoms with Gasteiger partial charge < -0.3 is 14.6 Å². The van der Waals surface area contributed by atoms with Crippen LogP contribution in [0.4, 0.5) is 4.79 Å². The number of carbonyl (C=O) groups excluding carboxylic acids is 1. The van der Waals surface area contributed by atoms with Gasteiger partial charge in [-0.15, -0.1) is 0 Å². The van der Waals surface area contributed by atoms with E-state index in [-0.39, 0.29) is 0 Å². The van der Waals surface area contributed by atoms with Gasteiger partial charge in [-0.2, -0.15) is 0 Å². The van der Waals surface area contributed by atoms with Crippen LogP contribution in [0.3, 0.4) is 0 Å². The van der Waals surface area contributed by atoms with Crippen molar-refractivity contribution in [2.75, 3.05) is 6.54 Å². The highest BCUT2D eigenvalue weighted by molar-refractivity contribution is 6.30. The van der Waals surface area contributed by atoms with Crippen LogP contribution in [-0.2, 0) is 6.54 Å². The fourth-order valence-corrected chi connectivity index (χ4v) is 4.06. The molecule has 0 fully saturated rings. The number of amides is 1. The minimum atomic E-state index is -0.452. The van der Waals surface area contributed by atoms with Crippen LogP contribution >= 0.6 is 11.6 Å². The lowest BCUT2D eigenvalue weighted by molar-refractivity contribution is 0.200. The Balaban J connectivity index is 1.34. The molecule has 0 saturated heterocycles. The van der Waals surface area contributed by atoms with E-state index in [4.69, 9.17) is 21.3 Å². The molecule has 0 spiro atoms. The number of nitrogens with zero attached hydrogens (tertiary/aromatic N) is 2. The number of unbranched alkanes of at least 4 members (excludes halogenated alkanes) is 2. The molecule has 4 aromatic rings. The molecule has 0 aliphatic heterocycles. The molecular formula is C28H28ClN3O2. The monoisotopic (exact) mass is 473 g/mol. The van der Waals surface area contributed by atoms with Gasteiger partial charge in [-0.1, -0.05) is 72.3 Å². The second kappa shape index (κ2) is 11.5. The lowest BCUT2D eigenvalue weighted by Crippen LogP contribution is -2.27. The van der Waals surface area contributed by atoms with Crippen LogP contribution < -0.4 is 10.1 Å². The zero-order valence-electron chi connectivity index (χ0n) is 19.2. The van der Waals surface area contributed by atoms with Crippen molar-refractivity contribution in [3.8, 4) is 28.3 Å². The Bertz CT molecular complexity index is 1210. The number of carbonyl (C=O) groups is 1. The summed E-state index contributed by atoms with van der Waals surface area (Å²) in [6.45, 7) is 3.49. The number of rotatable bonds is 9. The fourth-order valence-electron chi connectivity index (χ4n) is 3.93. The van der Waals surface area contributed by atoms with Crippen LogP contribution in [-0.4, -0.2) is 22.2 Å². The van der Waals surface area contributed by atoms with Crippen molar-refractivity contribution < 1.29 is 9.53 Å². The highest BCUT2D eigenvalue weighted by atomic mass is 35.5. The van der Waals surface area contributed by atoms with Gasteiger partial charge >= 0.3 is 6.09 Å². The second-order valence-electron chi connectivity index (χ2n) is 8.07. The lowest BCUT2D eigenvalue weighted by atomic mass is 10.0. The summed E-state index contributed by atoms with van der Waals surface area (Å²) in [4.78, 5) is 16.9. The molecule has 4 rings (SSSR count). The highest BCUT2D eigenvalue weighted by Gasteiger charge is 2.17. The number of benzene rings is 3. The molecule has 0 bridgehead atoms. The van der Waals surface area contributed by atoms with E-state index in [1.54, 1.807) is 24.3 Å². The van der Waals surface area contributed by atoms with Crippen LogP contribution in [0.25, 0.3) is 22.5 Å². The Morgan fingerprint density at radius 1 is 0.882 bits per heavy atom. The first kappa shape index (κ1) is 23.6. The first-order valence-corrected chi connectivity index (χ1v) is 11.9. The molecule has 0 unspecified atom stereocenters. The van der Waals surface area contributed by atoms with Gasteiger partial charge in [-0.25, -0.2) is 9.78 Å². The molecule has 6 heteroatoms. The van der Waals surface area contributed by atoms with Gasteiger partial charge in [-0.3, -0.25) is 0 Å². The molecule has 34 heavy (non-hydrogen) atoms. The summed E-state index contributed by atoms with van der Waals surface area (Å²) in [5, 5.41) is 3.41. The molecule has 0 aliphatic carbocycles. The maximum absolute atomic E-state index is 12.0. The molecule has 0 radical (unpaired) electrons. The summed E-state index contributed by atoms with van der Waals surface area (Å²) < 4.78 is 7.55. The molecule has 0 saturated carbocycles. The van der Waals surface area contributed by atoms with E-state index in [0.29, 0.717) is 17.3 Å². The van der Waals surface area contributed by atoms with Gasteiger partial charge in [0.1, 0.15) is 11.6 Å². The summed E-state index contributed by atoms with van der Waals surface area (Å²) >= 11 is 5.85. The third kappa shape index (κ3) is 6.06. The Hall–Kier alpha value is -3.57. The van der Waals surface area contributed by atoms with E-state index < -0.39 is 6.09 Å². The maximum Gasteiger partial charge on any atom is 0.412 e. The number of hydrogen-bond donors (Lipinski definition) is 1. The molecule has 1 aromatic heterocycles. The fraction of sp³-hybridized carbons (Fsp3) is 0.214. The molecule has 0 atom stereocenters. The minimum absolute atomic E-state index is 0.452. The largest absolute Gasteiger partial charge is 0.412 e. The van der Waals surface area contributed by atoms with E-state index in [2.05, 4.69) is 53.2 Å². The molecule has 1 heterocycles. The topological polar surface area (TPSA) is 56.2 Å². The van der Waals surface area contributed by atoms with Gasteiger partial charge in [0.15, 0.2) is 0 Å². The third-order valence-electron chi connectivity index (χ3n) is 5.60. The number of aromatic nitrogens is 2. The predicted octanol–water partition coefficient (Wildman–Crippen LogP) is 7.14. The normalized spacial score (nSPS) is 10.8. The number of aryl methyl sites for hydroxylation is 1. The van der Waals surface area contributed by atoms with Gasteiger partial charge in [0.25, 0.3) is 0 Å². The number of halogens is 1. The van der Waals surface area contributed by atoms with E-state index in [1.165, 1.54) is 0 Å². The number of nitrogens with one attached hydrogen (secondary N) is 1. The summed E-state index contributed by atoms with van der Waals surface area (Å²) in [6, 6.07) is 27.5. The Morgan fingerprint density at radius 2 is 1.53 bits per heavy atom. The molecule has 5 nitrogen and oxygen atoms in total. The zero-order chi connectivity index (χ0) is 23.8. The summed E-state index contributed by atoms with van der Waals surface area (Å²) in [6.07, 6.45) is 2.38. The highest BCUT2D eigenvalue weighted by Crippen LogP contribution is 2.33. The standard InChI is InChI=1S/C28H28ClN3O2/c1-21-31-26(22-11-5-2-6-12-22)27(23-13-7-3-8-14-23)32(21)20-10-4-9-19-30-28(33)34-25-17-15-24(29)16-18-25/h2-3,5-8,11-18H,4,9-10,19-20H2,1H3,(H,30,33). The predicted molar refractivity (Wildman–Crippen MR) is 137 cm³/mol. The van der Waals surface area contributed by atoms with Crippen molar-refractivity contribution in [2.45, 2.75) is 32.7 Å². The van der Waals surface area contributed by atoms with Gasteiger partial charge in [0.2, 0.25) is 0 Å². The van der Waals surface area contributed by atoms with Crippen molar-refractivity contribution in [1.82, 2.24) is 14.9 Å². The van der Waals surface area contributed by atoms with E-state index >= 15 is 0 Å². The zero-order valence-corrected chi connectivity index (χ0v) is 20.0. The molecule has 0 aliphatic rings. The van der Waals surface area contributed by atoms with Crippen molar-refractivity contribution in [3.63, 3.8) is 0 Å². The van der Waals surface area contributed by atoms with Crippen molar-refractivity contribution in [1.29, 1.82) is 0 Å². The summed E-state index contributed by atoms with van der Waals surface area (Å²) in [5.41, 5.74) is 4.44. The van der Waals surface area contributed by atoms with E-state index in [0.717, 1.165) is 54.1 Å². The van der Waals surface area contributed by atoms with Gasteiger partial charge in [0.05, 0.1) is 11.4 Å². The summed E-state index contributed by atoms with van der Waals surface area (Å²) in [5.74, 6) is 1.47. The van der Waals surface area contributed by atoms with Crippen molar-refractivity contribution in [2.24, 2.45) is 0 Å². The van der Waals surface area contributed by atoms with Gasteiger partial charge in [-0.05, 0) is 50.5 Å².